The highest BCUT2D eigenvalue weighted by Gasteiger charge is 2.36. The quantitative estimate of drug-likeness (QED) is 0.723. The minimum atomic E-state index is -3.89. The molecule has 1 unspecified atom stereocenters. The lowest BCUT2D eigenvalue weighted by Crippen LogP contribution is -2.41. The standard InChI is InChI=1S/C22H20N2O4S/c1-23-19-9-10-20(16-6-4-7-17(21(16)19)22(23)26)29(27,28)24-12-14(13-25)11-15-5-2-3-8-18(15)24/h2-10,14,25H,11-13H2,1H3. The molecule has 1 N–H and O–H groups in total. The maximum atomic E-state index is 13.8. The van der Waals surface area contributed by atoms with Gasteiger partial charge in [-0.1, -0.05) is 30.3 Å². The summed E-state index contributed by atoms with van der Waals surface area (Å²) in [5.74, 6) is -0.298. The molecule has 2 heterocycles. The third-order valence-electron chi connectivity index (χ3n) is 5.89. The Hall–Kier alpha value is -2.90. The molecule has 2 aliphatic heterocycles. The lowest BCUT2D eigenvalue weighted by atomic mass is 9.95. The van der Waals surface area contributed by atoms with Gasteiger partial charge in [-0.2, -0.15) is 0 Å². The van der Waals surface area contributed by atoms with E-state index < -0.39 is 10.0 Å². The first-order chi connectivity index (χ1) is 13.9. The van der Waals surface area contributed by atoms with Crippen LogP contribution in [-0.2, 0) is 16.4 Å². The average Bonchev–Trinajstić information content (AvgIpc) is 2.99. The average molecular weight is 408 g/mol. The highest BCUT2D eigenvalue weighted by molar-refractivity contribution is 7.93. The molecule has 1 atom stereocenters. The van der Waals surface area contributed by atoms with E-state index in [9.17, 15) is 18.3 Å². The summed E-state index contributed by atoms with van der Waals surface area (Å²) < 4.78 is 29.0. The van der Waals surface area contributed by atoms with Crippen molar-refractivity contribution in [3.63, 3.8) is 0 Å². The van der Waals surface area contributed by atoms with Gasteiger partial charge in [-0.15, -0.1) is 0 Å². The molecule has 5 rings (SSSR count). The molecule has 0 bridgehead atoms. The SMILES string of the molecule is CN1C(=O)c2cccc3c(S(=O)(=O)N4CC(CO)Cc5ccccc54)ccc1c23. The van der Waals surface area contributed by atoms with Crippen LogP contribution in [0, 0.1) is 5.92 Å². The van der Waals surface area contributed by atoms with Crippen molar-refractivity contribution in [1.82, 2.24) is 0 Å². The van der Waals surface area contributed by atoms with Crippen LogP contribution >= 0.6 is 0 Å². The third kappa shape index (κ3) is 2.51. The van der Waals surface area contributed by atoms with E-state index in [2.05, 4.69) is 0 Å². The van der Waals surface area contributed by atoms with E-state index >= 15 is 0 Å². The number of aliphatic hydroxyl groups excluding tert-OH is 1. The molecule has 0 spiro atoms. The normalized spacial score (nSPS) is 18.4. The Labute approximate surface area is 169 Å². The van der Waals surface area contributed by atoms with Gasteiger partial charge in [0.2, 0.25) is 0 Å². The van der Waals surface area contributed by atoms with Crippen molar-refractivity contribution in [3.8, 4) is 0 Å². The van der Waals surface area contributed by atoms with Gasteiger partial charge in [-0.25, -0.2) is 8.42 Å². The number of carbonyl (C=O) groups excluding carboxylic acids is 1. The van der Waals surface area contributed by atoms with Gasteiger partial charge in [0.1, 0.15) is 0 Å². The second-order valence-corrected chi connectivity index (χ2v) is 9.42. The fourth-order valence-electron chi connectivity index (χ4n) is 4.44. The molecule has 6 nitrogen and oxygen atoms in total. The van der Waals surface area contributed by atoms with Gasteiger partial charge < -0.3 is 10.0 Å². The molecule has 0 radical (unpaired) electrons. The van der Waals surface area contributed by atoms with Gasteiger partial charge in [0, 0.05) is 42.5 Å². The summed E-state index contributed by atoms with van der Waals surface area (Å²) in [5, 5.41) is 10.9. The van der Waals surface area contributed by atoms with Crippen LogP contribution in [-0.4, -0.2) is 39.6 Å². The molecular weight excluding hydrogens is 388 g/mol. The minimum absolute atomic E-state index is 0.0799. The molecule has 29 heavy (non-hydrogen) atoms. The predicted molar refractivity (Wildman–Crippen MR) is 112 cm³/mol. The number of hydrogen-bond acceptors (Lipinski definition) is 4. The van der Waals surface area contributed by atoms with Crippen molar-refractivity contribution in [2.24, 2.45) is 5.92 Å². The molecule has 3 aromatic carbocycles. The van der Waals surface area contributed by atoms with Crippen LogP contribution in [0.15, 0.2) is 59.5 Å². The summed E-state index contributed by atoms with van der Waals surface area (Å²) >= 11 is 0. The molecule has 3 aromatic rings. The fraction of sp³-hybridized carbons (Fsp3) is 0.227. The molecule has 0 aliphatic carbocycles. The zero-order chi connectivity index (χ0) is 20.3. The minimum Gasteiger partial charge on any atom is -0.396 e. The number of rotatable bonds is 3. The lowest BCUT2D eigenvalue weighted by Gasteiger charge is -2.34. The molecule has 0 saturated carbocycles. The van der Waals surface area contributed by atoms with Gasteiger partial charge in [-0.3, -0.25) is 9.10 Å². The van der Waals surface area contributed by atoms with Crippen LogP contribution in [0.25, 0.3) is 10.8 Å². The number of nitrogens with zero attached hydrogens (tertiary/aromatic N) is 2. The number of anilines is 2. The van der Waals surface area contributed by atoms with E-state index in [0.717, 1.165) is 5.56 Å². The van der Waals surface area contributed by atoms with Crippen molar-refractivity contribution >= 4 is 38.1 Å². The molecule has 148 valence electrons. The number of carbonyl (C=O) groups is 1. The van der Waals surface area contributed by atoms with E-state index in [4.69, 9.17) is 0 Å². The zero-order valence-electron chi connectivity index (χ0n) is 15.9. The third-order valence-corrected chi connectivity index (χ3v) is 7.73. The largest absolute Gasteiger partial charge is 0.396 e. The van der Waals surface area contributed by atoms with Crippen molar-refractivity contribution in [3.05, 3.63) is 65.7 Å². The Morgan fingerprint density at radius 1 is 1.03 bits per heavy atom. The number of hydrogen-bond donors (Lipinski definition) is 1. The summed E-state index contributed by atoms with van der Waals surface area (Å²) in [5.41, 5.74) is 2.78. The Bertz CT molecular complexity index is 1270. The van der Waals surface area contributed by atoms with Gasteiger partial charge in [0.05, 0.1) is 16.3 Å². The molecule has 1 amide bonds. The second-order valence-electron chi connectivity index (χ2n) is 7.59. The maximum absolute atomic E-state index is 13.8. The predicted octanol–water partition coefficient (Wildman–Crippen LogP) is 2.79. The maximum Gasteiger partial charge on any atom is 0.264 e. The van der Waals surface area contributed by atoms with Crippen LogP contribution in [0.2, 0.25) is 0 Å². The first kappa shape index (κ1) is 18.1. The number of benzene rings is 3. The number of para-hydroxylation sites is 1. The van der Waals surface area contributed by atoms with Gasteiger partial charge in [0.15, 0.2) is 0 Å². The number of amides is 1. The highest BCUT2D eigenvalue weighted by atomic mass is 32.2. The highest BCUT2D eigenvalue weighted by Crippen LogP contribution is 2.41. The Balaban J connectivity index is 1.73. The van der Waals surface area contributed by atoms with Crippen LogP contribution in [0.3, 0.4) is 0 Å². The van der Waals surface area contributed by atoms with Gasteiger partial charge >= 0.3 is 0 Å². The molecule has 7 heteroatoms. The fourth-order valence-corrected chi connectivity index (χ4v) is 6.21. The van der Waals surface area contributed by atoms with Crippen molar-refractivity contribution < 1.29 is 18.3 Å². The summed E-state index contributed by atoms with van der Waals surface area (Å²) in [7, 11) is -2.20. The van der Waals surface area contributed by atoms with Crippen LogP contribution in [0.1, 0.15) is 15.9 Å². The molecule has 0 fully saturated rings. The van der Waals surface area contributed by atoms with Gasteiger partial charge in [-0.05, 0) is 36.2 Å². The first-order valence-electron chi connectivity index (χ1n) is 9.48. The van der Waals surface area contributed by atoms with E-state index in [-0.39, 0.29) is 29.9 Å². The molecule has 2 aliphatic rings. The smallest absolute Gasteiger partial charge is 0.264 e. The molecule has 0 saturated heterocycles. The number of aliphatic hydroxyl groups is 1. The van der Waals surface area contributed by atoms with E-state index in [0.29, 0.717) is 34.1 Å². The molecular formula is C22H20N2O4S. The van der Waals surface area contributed by atoms with E-state index in [1.54, 1.807) is 48.3 Å². The second kappa shape index (κ2) is 6.30. The number of sulfonamides is 1. The van der Waals surface area contributed by atoms with Crippen molar-refractivity contribution in [2.45, 2.75) is 11.3 Å². The van der Waals surface area contributed by atoms with E-state index in [1.165, 1.54) is 4.31 Å². The Kier molecular flexibility index (Phi) is 3.94. The van der Waals surface area contributed by atoms with Crippen molar-refractivity contribution in [2.75, 3.05) is 29.4 Å². The summed E-state index contributed by atoms with van der Waals surface area (Å²) in [6, 6.07) is 15.9. The van der Waals surface area contributed by atoms with Crippen LogP contribution in [0.5, 0.6) is 0 Å². The van der Waals surface area contributed by atoms with E-state index in [1.807, 2.05) is 18.2 Å². The lowest BCUT2D eigenvalue weighted by molar-refractivity contribution is 0.0999. The summed E-state index contributed by atoms with van der Waals surface area (Å²) in [6.45, 7) is 0.140. The van der Waals surface area contributed by atoms with Crippen LogP contribution < -0.4 is 9.21 Å². The Morgan fingerprint density at radius 3 is 2.62 bits per heavy atom. The molecule has 0 aromatic heterocycles. The first-order valence-corrected chi connectivity index (χ1v) is 10.9. The van der Waals surface area contributed by atoms with Crippen LogP contribution in [0.4, 0.5) is 11.4 Å². The van der Waals surface area contributed by atoms with Gasteiger partial charge in [0.25, 0.3) is 15.9 Å². The summed E-state index contributed by atoms with van der Waals surface area (Å²) in [4.78, 5) is 14.2. The number of fused-ring (bicyclic) bond motifs is 1. The van der Waals surface area contributed by atoms with Crippen molar-refractivity contribution in [1.29, 1.82) is 0 Å². The zero-order valence-corrected chi connectivity index (χ0v) is 16.7. The monoisotopic (exact) mass is 408 g/mol. The Morgan fingerprint density at radius 2 is 1.83 bits per heavy atom. The topological polar surface area (TPSA) is 77.9 Å². The summed E-state index contributed by atoms with van der Waals surface area (Å²) in [6.07, 6.45) is 0.641.